The summed E-state index contributed by atoms with van der Waals surface area (Å²) >= 11 is 0. The summed E-state index contributed by atoms with van der Waals surface area (Å²) < 4.78 is 4.96. The molecule has 0 aliphatic rings. The lowest BCUT2D eigenvalue weighted by atomic mass is 10.1. The van der Waals surface area contributed by atoms with E-state index >= 15 is 0 Å². The molecule has 0 aliphatic carbocycles. The Hall–Kier alpha value is -4.33. The molecule has 0 fully saturated rings. The summed E-state index contributed by atoms with van der Waals surface area (Å²) in [6.07, 6.45) is 1.28. The number of rotatable bonds is 5. The van der Waals surface area contributed by atoms with Crippen LogP contribution < -0.4 is 16.0 Å². The number of carbonyl (C=O) groups is 2. The maximum absolute atomic E-state index is 12.5. The average Bonchev–Trinajstić information content (AvgIpc) is 3.27. The number of nitrogens with two attached hydrogens (primary N) is 1. The molecular formula is C23H21N5O3. The van der Waals surface area contributed by atoms with Crippen molar-refractivity contribution in [2.45, 2.75) is 6.54 Å². The van der Waals surface area contributed by atoms with Crippen LogP contribution in [0.5, 0.6) is 0 Å². The van der Waals surface area contributed by atoms with E-state index in [1.807, 2.05) is 18.2 Å². The molecule has 3 aromatic carbocycles. The molecule has 1 aromatic heterocycles. The van der Waals surface area contributed by atoms with Gasteiger partial charge < -0.3 is 15.8 Å². The number of nitrogens with one attached hydrogen (secondary N) is 2. The third-order valence-electron chi connectivity index (χ3n) is 4.89. The van der Waals surface area contributed by atoms with Gasteiger partial charge in [0.25, 0.3) is 5.91 Å². The summed E-state index contributed by atoms with van der Waals surface area (Å²) in [4.78, 5) is 26.4. The molecular weight excluding hydrogens is 394 g/mol. The molecule has 0 saturated heterocycles. The van der Waals surface area contributed by atoms with E-state index in [0.29, 0.717) is 22.6 Å². The number of H-pyrrole nitrogens is 1. The van der Waals surface area contributed by atoms with Crippen molar-refractivity contribution in [2.24, 2.45) is 0 Å². The number of anilines is 3. The van der Waals surface area contributed by atoms with Crippen LogP contribution in [-0.4, -0.2) is 29.3 Å². The van der Waals surface area contributed by atoms with E-state index in [2.05, 4.69) is 15.5 Å². The van der Waals surface area contributed by atoms with Gasteiger partial charge in [-0.05, 0) is 48.0 Å². The van der Waals surface area contributed by atoms with Crippen LogP contribution >= 0.6 is 0 Å². The highest BCUT2D eigenvalue weighted by atomic mass is 16.5. The molecule has 0 bridgehead atoms. The quantitative estimate of drug-likeness (QED) is 0.423. The smallest absolute Gasteiger partial charge is 0.414 e. The van der Waals surface area contributed by atoms with Crippen LogP contribution in [0.25, 0.3) is 10.9 Å². The molecule has 0 saturated carbocycles. The molecule has 8 heteroatoms. The lowest BCUT2D eigenvalue weighted by Gasteiger charge is -2.21. The van der Waals surface area contributed by atoms with Gasteiger partial charge in [0, 0.05) is 22.8 Å². The van der Waals surface area contributed by atoms with Gasteiger partial charge in [-0.3, -0.25) is 14.8 Å². The molecule has 4 aromatic rings. The fourth-order valence-corrected chi connectivity index (χ4v) is 3.22. The van der Waals surface area contributed by atoms with Gasteiger partial charge in [-0.25, -0.2) is 4.79 Å². The SMILES string of the molecule is COC(=O)N(Cc1ccc(C(=O)Nc2ccccc2N)cc1)c1ccc2n[nH]cc2c1. The van der Waals surface area contributed by atoms with Crippen LogP contribution in [0.1, 0.15) is 15.9 Å². The average molecular weight is 415 g/mol. The van der Waals surface area contributed by atoms with Crippen molar-refractivity contribution in [2.75, 3.05) is 23.1 Å². The molecule has 156 valence electrons. The third kappa shape index (κ3) is 4.32. The zero-order chi connectivity index (χ0) is 21.8. The number of methoxy groups -OCH3 is 1. The van der Waals surface area contributed by atoms with Gasteiger partial charge >= 0.3 is 6.09 Å². The first-order chi connectivity index (χ1) is 15.0. The van der Waals surface area contributed by atoms with Gasteiger partial charge in [-0.2, -0.15) is 5.10 Å². The molecule has 4 N–H and O–H groups in total. The zero-order valence-electron chi connectivity index (χ0n) is 16.8. The standard InChI is InChI=1S/C23H21N5O3/c1-31-23(30)28(18-10-11-20-17(12-18)13-25-27-20)14-15-6-8-16(9-7-15)22(29)26-21-5-3-2-4-19(21)24/h2-13H,14,24H2,1H3,(H,25,27)(H,26,29). The lowest BCUT2D eigenvalue weighted by molar-refractivity contribution is 0.102. The third-order valence-corrected chi connectivity index (χ3v) is 4.89. The van der Waals surface area contributed by atoms with Gasteiger partial charge in [-0.15, -0.1) is 0 Å². The highest BCUT2D eigenvalue weighted by molar-refractivity contribution is 6.05. The van der Waals surface area contributed by atoms with E-state index in [4.69, 9.17) is 10.5 Å². The molecule has 1 heterocycles. The topological polar surface area (TPSA) is 113 Å². The Labute approximate surface area is 178 Å². The van der Waals surface area contributed by atoms with Crippen molar-refractivity contribution in [3.8, 4) is 0 Å². The maximum atomic E-state index is 12.5. The van der Waals surface area contributed by atoms with Crippen molar-refractivity contribution in [1.29, 1.82) is 0 Å². The van der Waals surface area contributed by atoms with E-state index in [1.165, 1.54) is 12.0 Å². The van der Waals surface area contributed by atoms with E-state index < -0.39 is 6.09 Å². The van der Waals surface area contributed by atoms with Crippen molar-refractivity contribution in [3.63, 3.8) is 0 Å². The summed E-state index contributed by atoms with van der Waals surface area (Å²) in [6, 6.07) is 19.6. The fraction of sp³-hybridized carbons (Fsp3) is 0.0870. The Morgan fingerprint density at radius 3 is 2.61 bits per heavy atom. The summed E-state index contributed by atoms with van der Waals surface area (Å²) in [5.41, 5.74) is 9.75. The van der Waals surface area contributed by atoms with Crippen LogP contribution in [0.4, 0.5) is 21.9 Å². The predicted molar refractivity (Wildman–Crippen MR) is 120 cm³/mol. The molecule has 31 heavy (non-hydrogen) atoms. The molecule has 0 atom stereocenters. The number of hydrogen-bond donors (Lipinski definition) is 3. The number of aromatic nitrogens is 2. The van der Waals surface area contributed by atoms with Gasteiger partial charge in [0.2, 0.25) is 0 Å². The first-order valence-electron chi connectivity index (χ1n) is 9.59. The van der Waals surface area contributed by atoms with Crippen LogP contribution in [-0.2, 0) is 11.3 Å². The number of amides is 2. The minimum Gasteiger partial charge on any atom is -0.452 e. The molecule has 0 unspecified atom stereocenters. The van der Waals surface area contributed by atoms with Crippen LogP contribution in [0.15, 0.2) is 72.9 Å². The van der Waals surface area contributed by atoms with Crippen LogP contribution in [0.2, 0.25) is 0 Å². The summed E-state index contributed by atoms with van der Waals surface area (Å²) in [7, 11) is 1.34. The predicted octanol–water partition coefficient (Wildman–Crippen LogP) is 4.17. The lowest BCUT2D eigenvalue weighted by Crippen LogP contribution is -2.30. The monoisotopic (exact) mass is 415 g/mol. The minimum atomic E-state index is -0.482. The summed E-state index contributed by atoms with van der Waals surface area (Å²) in [5.74, 6) is -0.264. The van der Waals surface area contributed by atoms with Crippen molar-refractivity contribution in [1.82, 2.24) is 10.2 Å². The maximum Gasteiger partial charge on any atom is 0.414 e. The van der Waals surface area contributed by atoms with Gasteiger partial charge in [-0.1, -0.05) is 24.3 Å². The molecule has 4 rings (SSSR count). The molecule has 0 radical (unpaired) electrons. The number of nitrogens with zero attached hydrogens (tertiary/aromatic N) is 2. The normalized spacial score (nSPS) is 10.6. The van der Waals surface area contributed by atoms with Crippen molar-refractivity contribution < 1.29 is 14.3 Å². The molecule has 2 amide bonds. The fourth-order valence-electron chi connectivity index (χ4n) is 3.22. The van der Waals surface area contributed by atoms with Crippen LogP contribution in [0.3, 0.4) is 0 Å². The number of fused-ring (bicyclic) bond motifs is 1. The Morgan fingerprint density at radius 1 is 1.10 bits per heavy atom. The second-order valence-corrected chi connectivity index (χ2v) is 6.92. The number of aromatic amines is 1. The van der Waals surface area contributed by atoms with E-state index in [0.717, 1.165) is 16.5 Å². The number of carbonyl (C=O) groups excluding carboxylic acids is 2. The number of nitrogen functional groups attached to an aromatic ring is 1. The van der Waals surface area contributed by atoms with E-state index in [-0.39, 0.29) is 12.5 Å². The summed E-state index contributed by atoms with van der Waals surface area (Å²) in [6.45, 7) is 0.281. The number of benzene rings is 3. The number of hydrogen-bond acceptors (Lipinski definition) is 5. The highest BCUT2D eigenvalue weighted by Crippen LogP contribution is 2.24. The Bertz CT molecular complexity index is 1230. The Balaban J connectivity index is 1.52. The second kappa shape index (κ2) is 8.58. The highest BCUT2D eigenvalue weighted by Gasteiger charge is 2.18. The van der Waals surface area contributed by atoms with E-state index in [9.17, 15) is 9.59 Å². The van der Waals surface area contributed by atoms with Crippen molar-refractivity contribution in [3.05, 3.63) is 84.1 Å². The largest absolute Gasteiger partial charge is 0.452 e. The first-order valence-corrected chi connectivity index (χ1v) is 9.59. The Kier molecular flexibility index (Phi) is 5.53. The van der Waals surface area contributed by atoms with Crippen LogP contribution in [0, 0.1) is 0 Å². The number of ether oxygens (including phenoxy) is 1. The first kappa shape index (κ1) is 20.0. The van der Waals surface area contributed by atoms with Gasteiger partial charge in [0.15, 0.2) is 0 Å². The zero-order valence-corrected chi connectivity index (χ0v) is 16.8. The Morgan fingerprint density at radius 2 is 1.87 bits per heavy atom. The van der Waals surface area contributed by atoms with Gasteiger partial charge in [0.05, 0.1) is 30.5 Å². The van der Waals surface area contributed by atoms with E-state index in [1.54, 1.807) is 54.7 Å². The number of para-hydroxylation sites is 2. The minimum absolute atomic E-state index is 0.264. The summed E-state index contributed by atoms with van der Waals surface area (Å²) in [5, 5.41) is 10.6. The van der Waals surface area contributed by atoms with Crippen molar-refractivity contribution >= 4 is 40.0 Å². The molecule has 0 spiro atoms. The van der Waals surface area contributed by atoms with Gasteiger partial charge in [0.1, 0.15) is 0 Å². The molecule has 0 aliphatic heterocycles. The molecule has 8 nitrogen and oxygen atoms in total. The second-order valence-electron chi connectivity index (χ2n) is 6.92.